The molecule has 1 aromatic heterocycles. The Bertz CT molecular complexity index is 377. The maximum atomic E-state index is 6.12. The molecule has 3 nitrogen and oxygen atoms in total. The second kappa shape index (κ2) is 6.35. The number of likely N-dealkylation sites (N-methyl/N-ethyl adjacent to an activating group) is 1. The highest BCUT2D eigenvalue weighted by Gasteiger charge is 2.40. The van der Waals surface area contributed by atoms with Crippen molar-refractivity contribution in [2.45, 2.75) is 38.3 Å². The lowest BCUT2D eigenvalue weighted by molar-refractivity contribution is 0.124. The largest absolute Gasteiger partial charge is 0.329 e. The van der Waals surface area contributed by atoms with Crippen LogP contribution in [0.15, 0.2) is 17.5 Å². The van der Waals surface area contributed by atoms with Gasteiger partial charge >= 0.3 is 0 Å². The minimum atomic E-state index is 0.182. The van der Waals surface area contributed by atoms with Gasteiger partial charge < -0.3 is 5.73 Å². The first-order valence-electron chi connectivity index (χ1n) is 7.25. The molecule has 1 unspecified atom stereocenters. The second-order valence-corrected chi connectivity index (χ2v) is 7.03. The van der Waals surface area contributed by atoms with E-state index in [1.54, 1.807) is 0 Å². The van der Waals surface area contributed by atoms with Crippen molar-refractivity contribution in [3.05, 3.63) is 22.4 Å². The average molecular weight is 281 g/mol. The summed E-state index contributed by atoms with van der Waals surface area (Å²) in [5, 5.41) is 2.16. The van der Waals surface area contributed by atoms with E-state index >= 15 is 0 Å². The zero-order valence-electron chi connectivity index (χ0n) is 12.4. The Labute approximate surface area is 121 Å². The van der Waals surface area contributed by atoms with Gasteiger partial charge in [-0.25, -0.2) is 0 Å². The van der Waals surface area contributed by atoms with Crippen molar-refractivity contribution in [1.82, 2.24) is 9.80 Å². The number of nitrogens with zero attached hydrogens (tertiary/aromatic N) is 2. The van der Waals surface area contributed by atoms with Gasteiger partial charge in [0.1, 0.15) is 0 Å². The fourth-order valence-corrected chi connectivity index (χ4v) is 3.63. The summed E-state index contributed by atoms with van der Waals surface area (Å²) < 4.78 is 0. The summed E-state index contributed by atoms with van der Waals surface area (Å²) in [5.74, 6) is 0. The molecule has 1 aromatic rings. The van der Waals surface area contributed by atoms with Crippen LogP contribution in [-0.2, 0) is 6.42 Å². The first kappa shape index (κ1) is 15.0. The van der Waals surface area contributed by atoms with E-state index in [0.717, 1.165) is 26.1 Å². The van der Waals surface area contributed by atoms with E-state index in [-0.39, 0.29) is 5.54 Å². The molecule has 2 N–H and O–H groups in total. The van der Waals surface area contributed by atoms with Gasteiger partial charge in [-0.3, -0.25) is 9.80 Å². The van der Waals surface area contributed by atoms with Crippen LogP contribution < -0.4 is 5.73 Å². The molecule has 1 fully saturated rings. The molecule has 0 spiro atoms. The van der Waals surface area contributed by atoms with Gasteiger partial charge in [0.05, 0.1) is 0 Å². The monoisotopic (exact) mass is 281 g/mol. The number of likely N-dealkylation sites (tertiary alicyclic amines) is 1. The summed E-state index contributed by atoms with van der Waals surface area (Å²) >= 11 is 1.85. The summed E-state index contributed by atoms with van der Waals surface area (Å²) in [6, 6.07) is 4.98. The van der Waals surface area contributed by atoms with Crippen LogP contribution in [0.5, 0.6) is 0 Å². The molecule has 1 aliphatic rings. The lowest BCUT2D eigenvalue weighted by atomic mass is 9.96. The Hall–Kier alpha value is -0.420. The molecule has 1 atom stereocenters. The normalized spacial score (nSPS) is 24.7. The van der Waals surface area contributed by atoms with Crippen LogP contribution in [-0.4, -0.2) is 54.6 Å². The summed E-state index contributed by atoms with van der Waals surface area (Å²) in [7, 11) is 2.24. The van der Waals surface area contributed by atoms with Gasteiger partial charge in [0.25, 0.3) is 0 Å². The van der Waals surface area contributed by atoms with Crippen molar-refractivity contribution in [2.24, 2.45) is 5.73 Å². The van der Waals surface area contributed by atoms with Gasteiger partial charge in [0, 0.05) is 42.6 Å². The number of thiophene rings is 1. The van der Waals surface area contributed by atoms with E-state index in [1.807, 2.05) is 11.3 Å². The topological polar surface area (TPSA) is 32.5 Å². The Morgan fingerprint density at radius 3 is 2.84 bits per heavy atom. The second-order valence-electron chi connectivity index (χ2n) is 5.99. The van der Waals surface area contributed by atoms with Crippen molar-refractivity contribution in [1.29, 1.82) is 0 Å². The molecule has 19 heavy (non-hydrogen) atoms. The van der Waals surface area contributed by atoms with Gasteiger partial charge in [0.15, 0.2) is 0 Å². The zero-order chi connectivity index (χ0) is 13.9. The lowest BCUT2D eigenvalue weighted by Crippen LogP contribution is -2.54. The maximum absolute atomic E-state index is 6.12. The van der Waals surface area contributed by atoms with E-state index < -0.39 is 0 Å². The highest BCUT2D eigenvalue weighted by molar-refractivity contribution is 7.09. The number of hydrogen-bond acceptors (Lipinski definition) is 4. The summed E-state index contributed by atoms with van der Waals surface area (Å²) in [4.78, 5) is 6.52. The molecule has 0 bridgehead atoms. The molecule has 1 aliphatic heterocycles. The van der Waals surface area contributed by atoms with E-state index in [4.69, 9.17) is 5.73 Å². The molecule has 4 heteroatoms. The van der Waals surface area contributed by atoms with Crippen molar-refractivity contribution in [2.75, 3.05) is 33.2 Å². The number of rotatable bonds is 6. The van der Waals surface area contributed by atoms with Gasteiger partial charge in [0.2, 0.25) is 0 Å². The molecule has 0 amide bonds. The molecule has 108 valence electrons. The molecule has 1 saturated heterocycles. The average Bonchev–Trinajstić information content (AvgIpc) is 3.05. The molecule has 2 heterocycles. The van der Waals surface area contributed by atoms with Crippen molar-refractivity contribution < 1.29 is 0 Å². The molecule has 2 rings (SSSR count). The third kappa shape index (κ3) is 3.37. The highest BCUT2D eigenvalue weighted by Crippen LogP contribution is 2.28. The summed E-state index contributed by atoms with van der Waals surface area (Å²) in [6.45, 7) is 8.71. The minimum Gasteiger partial charge on any atom is -0.329 e. The fraction of sp³-hybridized carbons (Fsp3) is 0.733. The van der Waals surface area contributed by atoms with Gasteiger partial charge in [-0.1, -0.05) is 6.07 Å². The summed E-state index contributed by atoms with van der Waals surface area (Å²) in [6.07, 6.45) is 2.33. The van der Waals surface area contributed by atoms with E-state index in [0.29, 0.717) is 6.04 Å². The predicted octanol–water partition coefficient (Wildman–Crippen LogP) is 2.03. The van der Waals surface area contributed by atoms with Crippen LogP contribution in [0.1, 0.15) is 25.1 Å². The highest BCUT2D eigenvalue weighted by atomic mass is 32.1. The van der Waals surface area contributed by atoms with E-state index in [9.17, 15) is 0 Å². The molecular weight excluding hydrogens is 254 g/mol. The fourth-order valence-electron chi connectivity index (χ4n) is 2.93. The third-order valence-electron chi connectivity index (χ3n) is 4.56. The first-order valence-corrected chi connectivity index (χ1v) is 8.13. The summed E-state index contributed by atoms with van der Waals surface area (Å²) in [5.41, 5.74) is 6.30. The predicted molar refractivity (Wildman–Crippen MR) is 83.8 cm³/mol. The molecule has 0 aliphatic carbocycles. The first-order chi connectivity index (χ1) is 9.07. The van der Waals surface area contributed by atoms with Crippen LogP contribution in [0.2, 0.25) is 0 Å². The minimum absolute atomic E-state index is 0.182. The van der Waals surface area contributed by atoms with Crippen molar-refractivity contribution in [3.63, 3.8) is 0 Å². The lowest BCUT2D eigenvalue weighted by Gasteiger charge is -2.38. The third-order valence-corrected chi connectivity index (χ3v) is 5.49. The Balaban J connectivity index is 1.93. The smallest absolute Gasteiger partial charge is 0.0467 e. The van der Waals surface area contributed by atoms with Gasteiger partial charge in [-0.15, -0.1) is 11.3 Å². The molecule has 0 radical (unpaired) electrons. The molecule has 0 saturated carbocycles. The standard InChI is InChI=1S/C15H27N3S/c1-13(2)18-9-7-15(11-16,12-18)17(3)8-6-14-5-4-10-19-14/h4-5,10,13H,6-9,11-12,16H2,1-3H3. The van der Waals surface area contributed by atoms with Gasteiger partial charge in [-0.2, -0.15) is 0 Å². The van der Waals surface area contributed by atoms with Crippen LogP contribution in [0.3, 0.4) is 0 Å². The zero-order valence-corrected chi connectivity index (χ0v) is 13.2. The maximum Gasteiger partial charge on any atom is 0.0467 e. The number of hydrogen-bond donors (Lipinski definition) is 1. The van der Waals surface area contributed by atoms with Crippen LogP contribution in [0, 0.1) is 0 Å². The SMILES string of the molecule is CC(C)N1CCC(CN)(N(C)CCc2cccs2)C1. The van der Waals surface area contributed by atoms with Gasteiger partial charge in [-0.05, 0) is 45.2 Å². The Morgan fingerprint density at radius 2 is 2.32 bits per heavy atom. The van der Waals surface area contributed by atoms with Crippen molar-refractivity contribution >= 4 is 11.3 Å². The van der Waals surface area contributed by atoms with E-state index in [1.165, 1.54) is 17.8 Å². The number of nitrogens with two attached hydrogens (primary N) is 1. The van der Waals surface area contributed by atoms with Crippen LogP contribution >= 0.6 is 11.3 Å². The quantitative estimate of drug-likeness (QED) is 0.866. The van der Waals surface area contributed by atoms with E-state index in [2.05, 4.69) is 48.2 Å². The molecule has 0 aromatic carbocycles. The van der Waals surface area contributed by atoms with Crippen LogP contribution in [0.25, 0.3) is 0 Å². The Morgan fingerprint density at radius 1 is 1.53 bits per heavy atom. The van der Waals surface area contributed by atoms with Crippen molar-refractivity contribution in [3.8, 4) is 0 Å². The molecular formula is C15H27N3S. The van der Waals surface area contributed by atoms with Crippen LogP contribution in [0.4, 0.5) is 0 Å². The Kier molecular flexibility index (Phi) is 5.01.